The summed E-state index contributed by atoms with van der Waals surface area (Å²) in [6.07, 6.45) is 1.19. The summed E-state index contributed by atoms with van der Waals surface area (Å²) in [4.78, 5) is 2.50. The first-order chi connectivity index (χ1) is 7.30. The molecule has 1 unspecified atom stereocenters. The van der Waals surface area contributed by atoms with Gasteiger partial charge in [0.2, 0.25) is 0 Å². The van der Waals surface area contributed by atoms with E-state index in [1.54, 1.807) is 14.2 Å². The first-order valence-electron chi connectivity index (χ1n) is 5.78. The molecule has 1 aliphatic heterocycles. The van der Waals surface area contributed by atoms with E-state index in [-0.39, 0.29) is 6.29 Å². The average Bonchev–Trinajstić information content (AvgIpc) is 2.72. The van der Waals surface area contributed by atoms with E-state index in [0.29, 0.717) is 0 Å². The highest BCUT2D eigenvalue weighted by molar-refractivity contribution is 4.76. The third kappa shape index (κ3) is 4.47. The zero-order valence-electron chi connectivity index (χ0n) is 10.2. The molecule has 0 aromatic carbocycles. The van der Waals surface area contributed by atoms with Crippen LogP contribution in [0.3, 0.4) is 0 Å². The monoisotopic (exact) mass is 216 g/mol. The maximum atomic E-state index is 5.11. The van der Waals surface area contributed by atoms with Crippen LogP contribution >= 0.6 is 0 Å². The number of hydrogen-bond acceptors (Lipinski definition) is 4. The Morgan fingerprint density at radius 1 is 1.40 bits per heavy atom. The first-order valence-corrected chi connectivity index (χ1v) is 5.78. The number of likely N-dealkylation sites (tertiary alicyclic amines) is 1. The van der Waals surface area contributed by atoms with Crippen molar-refractivity contribution in [1.29, 1.82) is 0 Å². The van der Waals surface area contributed by atoms with Crippen molar-refractivity contribution in [3.63, 3.8) is 0 Å². The zero-order chi connectivity index (χ0) is 11.1. The Morgan fingerprint density at radius 3 is 2.67 bits per heavy atom. The summed E-state index contributed by atoms with van der Waals surface area (Å²) >= 11 is 0. The van der Waals surface area contributed by atoms with E-state index in [2.05, 4.69) is 17.1 Å². The SMILES string of the molecule is CCN1CCC(CNCC(OC)OC)C1. The molecule has 1 saturated heterocycles. The molecule has 90 valence electrons. The minimum absolute atomic E-state index is 0.117. The van der Waals surface area contributed by atoms with E-state index < -0.39 is 0 Å². The molecule has 1 N–H and O–H groups in total. The van der Waals surface area contributed by atoms with E-state index in [1.165, 1.54) is 26.1 Å². The van der Waals surface area contributed by atoms with Crippen LogP contribution < -0.4 is 5.32 Å². The van der Waals surface area contributed by atoms with Crippen LogP contribution in [0.1, 0.15) is 13.3 Å². The number of ether oxygens (including phenoxy) is 2. The molecule has 0 saturated carbocycles. The fraction of sp³-hybridized carbons (Fsp3) is 1.00. The predicted octanol–water partition coefficient (Wildman–Crippen LogP) is 0.537. The molecule has 0 aliphatic carbocycles. The third-order valence-corrected chi connectivity index (χ3v) is 3.09. The standard InChI is InChI=1S/C11H24N2O2/c1-4-13-6-5-10(9-13)7-12-8-11(14-2)15-3/h10-12H,4-9H2,1-3H3. The van der Waals surface area contributed by atoms with Crippen LogP contribution in [0.25, 0.3) is 0 Å². The highest BCUT2D eigenvalue weighted by atomic mass is 16.7. The van der Waals surface area contributed by atoms with Crippen molar-refractivity contribution in [3.8, 4) is 0 Å². The number of nitrogens with zero attached hydrogens (tertiary/aromatic N) is 1. The smallest absolute Gasteiger partial charge is 0.169 e. The quantitative estimate of drug-likeness (QED) is 0.630. The molecule has 1 rings (SSSR count). The van der Waals surface area contributed by atoms with Crippen LogP contribution in [0.2, 0.25) is 0 Å². The van der Waals surface area contributed by atoms with Crippen LogP contribution in [0.4, 0.5) is 0 Å². The van der Waals surface area contributed by atoms with Gasteiger partial charge in [-0.05, 0) is 32.0 Å². The lowest BCUT2D eigenvalue weighted by Gasteiger charge is -2.17. The molecule has 15 heavy (non-hydrogen) atoms. The van der Waals surface area contributed by atoms with Gasteiger partial charge in [0, 0.05) is 27.3 Å². The number of methoxy groups -OCH3 is 2. The van der Waals surface area contributed by atoms with E-state index in [9.17, 15) is 0 Å². The molecule has 0 spiro atoms. The topological polar surface area (TPSA) is 33.7 Å². The lowest BCUT2D eigenvalue weighted by atomic mass is 10.1. The van der Waals surface area contributed by atoms with Gasteiger partial charge in [0.05, 0.1) is 0 Å². The normalized spacial score (nSPS) is 22.8. The lowest BCUT2D eigenvalue weighted by molar-refractivity contribution is -0.0989. The molecule has 1 fully saturated rings. The van der Waals surface area contributed by atoms with Gasteiger partial charge in [0.15, 0.2) is 6.29 Å². The molecule has 1 heterocycles. The average molecular weight is 216 g/mol. The highest BCUT2D eigenvalue weighted by Gasteiger charge is 2.20. The fourth-order valence-corrected chi connectivity index (χ4v) is 2.03. The van der Waals surface area contributed by atoms with E-state index >= 15 is 0 Å². The fourth-order valence-electron chi connectivity index (χ4n) is 2.03. The summed E-state index contributed by atoms with van der Waals surface area (Å²) in [5.74, 6) is 0.791. The Kier molecular flexibility index (Phi) is 6.17. The second-order valence-corrected chi connectivity index (χ2v) is 4.11. The van der Waals surface area contributed by atoms with Crippen molar-refractivity contribution in [2.45, 2.75) is 19.6 Å². The Labute approximate surface area is 92.9 Å². The zero-order valence-corrected chi connectivity index (χ0v) is 10.2. The molecule has 0 radical (unpaired) electrons. The largest absolute Gasteiger partial charge is 0.355 e. The van der Waals surface area contributed by atoms with Crippen molar-refractivity contribution >= 4 is 0 Å². The predicted molar refractivity (Wildman–Crippen MR) is 60.9 cm³/mol. The molecule has 0 aromatic rings. The summed E-state index contributed by atoms with van der Waals surface area (Å²) in [5.41, 5.74) is 0. The van der Waals surface area contributed by atoms with Crippen molar-refractivity contribution in [3.05, 3.63) is 0 Å². The van der Waals surface area contributed by atoms with Gasteiger partial charge in [-0.15, -0.1) is 0 Å². The second-order valence-electron chi connectivity index (χ2n) is 4.11. The van der Waals surface area contributed by atoms with Gasteiger partial charge in [-0.2, -0.15) is 0 Å². The van der Waals surface area contributed by atoms with E-state index in [4.69, 9.17) is 9.47 Å². The van der Waals surface area contributed by atoms with Crippen LogP contribution in [-0.4, -0.2) is 58.1 Å². The maximum Gasteiger partial charge on any atom is 0.169 e. The van der Waals surface area contributed by atoms with Gasteiger partial charge in [-0.3, -0.25) is 0 Å². The molecule has 1 atom stereocenters. The van der Waals surface area contributed by atoms with Gasteiger partial charge in [0.25, 0.3) is 0 Å². The summed E-state index contributed by atoms with van der Waals surface area (Å²) in [5, 5.41) is 3.40. The molecular weight excluding hydrogens is 192 g/mol. The van der Waals surface area contributed by atoms with Crippen molar-refractivity contribution in [2.24, 2.45) is 5.92 Å². The summed E-state index contributed by atoms with van der Waals surface area (Å²) in [6, 6.07) is 0. The maximum absolute atomic E-state index is 5.11. The van der Waals surface area contributed by atoms with Gasteiger partial charge < -0.3 is 19.7 Å². The molecule has 1 aliphatic rings. The first kappa shape index (κ1) is 12.9. The highest BCUT2D eigenvalue weighted by Crippen LogP contribution is 2.14. The molecule has 4 heteroatoms. The third-order valence-electron chi connectivity index (χ3n) is 3.09. The second kappa shape index (κ2) is 7.17. The van der Waals surface area contributed by atoms with Crippen molar-refractivity contribution in [2.75, 3.05) is 46.9 Å². The van der Waals surface area contributed by atoms with Crippen LogP contribution in [0, 0.1) is 5.92 Å². The summed E-state index contributed by atoms with van der Waals surface area (Å²) in [6.45, 7) is 7.72. The minimum atomic E-state index is -0.117. The van der Waals surface area contributed by atoms with Gasteiger partial charge in [-0.1, -0.05) is 6.92 Å². The Bertz CT molecular complexity index is 163. The summed E-state index contributed by atoms with van der Waals surface area (Å²) < 4.78 is 10.2. The molecule has 0 bridgehead atoms. The molecule has 0 amide bonds. The lowest BCUT2D eigenvalue weighted by Crippen LogP contribution is -2.34. The van der Waals surface area contributed by atoms with Crippen LogP contribution in [0.15, 0.2) is 0 Å². The molecular formula is C11H24N2O2. The Hall–Kier alpha value is -0.160. The molecule has 0 aromatic heterocycles. The van der Waals surface area contributed by atoms with E-state index in [0.717, 1.165) is 19.0 Å². The van der Waals surface area contributed by atoms with Crippen molar-refractivity contribution in [1.82, 2.24) is 10.2 Å². The number of hydrogen-bond donors (Lipinski definition) is 1. The van der Waals surface area contributed by atoms with Crippen molar-refractivity contribution < 1.29 is 9.47 Å². The number of nitrogens with one attached hydrogen (secondary N) is 1. The molecule has 4 nitrogen and oxygen atoms in total. The van der Waals surface area contributed by atoms with Gasteiger partial charge in [-0.25, -0.2) is 0 Å². The Morgan fingerprint density at radius 2 is 2.13 bits per heavy atom. The Balaban J connectivity index is 2.05. The summed E-state index contributed by atoms with van der Waals surface area (Å²) in [7, 11) is 3.34. The van der Waals surface area contributed by atoms with Crippen LogP contribution in [-0.2, 0) is 9.47 Å². The van der Waals surface area contributed by atoms with E-state index in [1.807, 2.05) is 0 Å². The van der Waals surface area contributed by atoms with Gasteiger partial charge in [0.1, 0.15) is 0 Å². The number of rotatable bonds is 7. The van der Waals surface area contributed by atoms with Crippen LogP contribution in [0.5, 0.6) is 0 Å². The minimum Gasteiger partial charge on any atom is -0.355 e. The van der Waals surface area contributed by atoms with Gasteiger partial charge >= 0.3 is 0 Å².